The van der Waals surface area contributed by atoms with Crippen LogP contribution in [-0.4, -0.2) is 55.6 Å². The van der Waals surface area contributed by atoms with Crippen molar-refractivity contribution in [1.82, 2.24) is 9.80 Å². The molecule has 38 heavy (non-hydrogen) atoms. The number of benzene rings is 2. The van der Waals surface area contributed by atoms with E-state index in [1.807, 2.05) is 42.6 Å². The van der Waals surface area contributed by atoms with Crippen molar-refractivity contribution in [1.29, 1.82) is 0 Å². The Morgan fingerprint density at radius 2 is 1.76 bits per heavy atom. The van der Waals surface area contributed by atoms with Gasteiger partial charge in [-0.05, 0) is 60.2 Å². The summed E-state index contributed by atoms with van der Waals surface area (Å²) in [5.74, 6) is 1.16. The highest BCUT2D eigenvalue weighted by atomic mass is 35.5. The lowest BCUT2D eigenvalue weighted by atomic mass is 10.1. The molecular weight excluding hydrogens is 545 g/mol. The molecule has 3 aromatic rings. The second kappa shape index (κ2) is 14.9. The number of carbonyl (C=O) groups excluding carboxylic acids is 2. The third kappa shape index (κ3) is 8.55. The van der Waals surface area contributed by atoms with Crippen LogP contribution in [0.1, 0.15) is 30.2 Å². The van der Waals surface area contributed by atoms with Gasteiger partial charge in [0.1, 0.15) is 6.54 Å². The zero-order valence-electron chi connectivity index (χ0n) is 21.8. The first-order chi connectivity index (χ1) is 18.3. The quantitative estimate of drug-likeness (QED) is 0.238. The number of amides is 3. The average Bonchev–Trinajstić information content (AvgIpc) is 3.43. The van der Waals surface area contributed by atoms with Crippen LogP contribution >= 0.6 is 34.5 Å². The van der Waals surface area contributed by atoms with Crippen LogP contribution in [0.3, 0.4) is 0 Å². The molecule has 0 saturated carbocycles. The molecule has 0 aliphatic rings. The second-order valence-corrected chi connectivity index (χ2v) is 10.5. The zero-order valence-corrected chi connectivity index (χ0v) is 24.2. The largest absolute Gasteiger partial charge is 0.493 e. The number of ether oxygens (including phenoxy) is 2. The molecule has 2 aromatic carbocycles. The highest BCUT2D eigenvalue weighted by Gasteiger charge is 2.22. The molecule has 0 spiro atoms. The number of rotatable bonds is 13. The van der Waals surface area contributed by atoms with E-state index in [9.17, 15) is 9.59 Å². The molecule has 3 amide bonds. The predicted molar refractivity (Wildman–Crippen MR) is 155 cm³/mol. The summed E-state index contributed by atoms with van der Waals surface area (Å²) >= 11 is 13.8. The molecule has 1 heterocycles. The molecule has 0 aliphatic carbocycles. The zero-order chi connectivity index (χ0) is 27.5. The minimum Gasteiger partial charge on any atom is -0.493 e. The van der Waals surface area contributed by atoms with Crippen LogP contribution < -0.4 is 14.8 Å². The van der Waals surface area contributed by atoms with E-state index in [-0.39, 0.29) is 18.5 Å². The lowest BCUT2D eigenvalue weighted by Gasteiger charge is -2.28. The van der Waals surface area contributed by atoms with E-state index in [4.69, 9.17) is 32.7 Å². The van der Waals surface area contributed by atoms with Crippen molar-refractivity contribution in [3.8, 4) is 11.5 Å². The van der Waals surface area contributed by atoms with Gasteiger partial charge in [-0.25, -0.2) is 4.79 Å². The lowest BCUT2D eigenvalue weighted by Crippen LogP contribution is -2.45. The monoisotopic (exact) mass is 577 g/mol. The van der Waals surface area contributed by atoms with Crippen LogP contribution in [0, 0.1) is 0 Å². The fourth-order valence-electron chi connectivity index (χ4n) is 3.83. The molecule has 0 unspecified atom stereocenters. The molecule has 0 saturated heterocycles. The lowest BCUT2D eigenvalue weighted by molar-refractivity contribution is -0.132. The third-order valence-corrected chi connectivity index (χ3v) is 7.37. The van der Waals surface area contributed by atoms with Gasteiger partial charge >= 0.3 is 6.03 Å². The Kier molecular flexibility index (Phi) is 11.6. The maximum atomic E-state index is 13.6. The molecule has 0 radical (unpaired) electrons. The van der Waals surface area contributed by atoms with Crippen molar-refractivity contribution >= 4 is 52.2 Å². The predicted octanol–water partition coefficient (Wildman–Crippen LogP) is 6.98. The molecule has 204 valence electrons. The normalized spacial score (nSPS) is 10.7. The molecule has 7 nitrogen and oxygen atoms in total. The van der Waals surface area contributed by atoms with E-state index >= 15 is 0 Å². The molecular formula is C28H33Cl2N3O4S. The minimum atomic E-state index is -0.382. The van der Waals surface area contributed by atoms with Gasteiger partial charge in [-0.3, -0.25) is 4.79 Å². The number of hydrogen-bond donors (Lipinski definition) is 1. The van der Waals surface area contributed by atoms with Gasteiger partial charge in [0, 0.05) is 23.0 Å². The fraction of sp³-hybridized carbons (Fsp3) is 0.357. The van der Waals surface area contributed by atoms with E-state index in [2.05, 4.69) is 5.32 Å². The van der Waals surface area contributed by atoms with Crippen molar-refractivity contribution in [2.75, 3.05) is 39.2 Å². The number of thiophene rings is 1. The Hall–Kier alpha value is -2.94. The Morgan fingerprint density at radius 1 is 0.974 bits per heavy atom. The first-order valence-corrected chi connectivity index (χ1v) is 14.0. The Morgan fingerprint density at radius 3 is 2.42 bits per heavy atom. The summed E-state index contributed by atoms with van der Waals surface area (Å²) in [7, 11) is 3.20. The molecule has 1 N–H and O–H groups in total. The first-order valence-electron chi connectivity index (χ1n) is 12.4. The average molecular weight is 579 g/mol. The van der Waals surface area contributed by atoms with Gasteiger partial charge in [0.05, 0.1) is 31.5 Å². The van der Waals surface area contributed by atoms with E-state index in [0.717, 1.165) is 23.3 Å². The summed E-state index contributed by atoms with van der Waals surface area (Å²) in [6.07, 6.45) is 2.28. The van der Waals surface area contributed by atoms with Gasteiger partial charge in [-0.15, -0.1) is 11.3 Å². The molecule has 3 rings (SSSR count). The van der Waals surface area contributed by atoms with Gasteiger partial charge in [0.25, 0.3) is 0 Å². The van der Waals surface area contributed by atoms with E-state index < -0.39 is 0 Å². The number of nitrogens with zero attached hydrogens (tertiary/aromatic N) is 2. The maximum Gasteiger partial charge on any atom is 0.322 e. The van der Waals surface area contributed by atoms with Crippen molar-refractivity contribution < 1.29 is 19.1 Å². The van der Waals surface area contributed by atoms with Crippen LogP contribution in [-0.2, 0) is 17.8 Å². The number of carbonyl (C=O) groups is 2. The maximum absolute atomic E-state index is 13.6. The minimum absolute atomic E-state index is 0.0473. The number of methoxy groups -OCH3 is 2. The fourth-order valence-corrected chi connectivity index (χ4v) is 5.01. The summed E-state index contributed by atoms with van der Waals surface area (Å²) in [4.78, 5) is 31.2. The standard InChI is InChI=1S/C28H33Cl2N3O4S/c1-4-5-13-33(28(35)31-24-10-9-21(29)17-23(24)30)19-27(34)32(18-22-7-6-15-38-22)14-12-20-8-11-25(36-2)26(16-20)37-3/h6-11,15-17H,4-5,12-14,18-19H2,1-3H3,(H,31,35). The van der Waals surface area contributed by atoms with Gasteiger partial charge < -0.3 is 24.6 Å². The topological polar surface area (TPSA) is 71.1 Å². The van der Waals surface area contributed by atoms with Crippen LogP contribution in [0.15, 0.2) is 53.9 Å². The molecule has 0 bridgehead atoms. The summed E-state index contributed by atoms with van der Waals surface area (Å²) in [6.45, 7) is 3.39. The van der Waals surface area contributed by atoms with E-state index in [1.54, 1.807) is 48.7 Å². The van der Waals surface area contributed by atoms with Crippen molar-refractivity contribution in [3.05, 3.63) is 74.4 Å². The van der Waals surface area contributed by atoms with E-state index in [1.165, 1.54) is 4.90 Å². The number of nitrogens with one attached hydrogen (secondary N) is 1. The summed E-state index contributed by atoms with van der Waals surface area (Å²) in [5, 5.41) is 5.62. The summed E-state index contributed by atoms with van der Waals surface area (Å²) in [5.41, 5.74) is 1.46. The van der Waals surface area contributed by atoms with Crippen LogP contribution in [0.4, 0.5) is 10.5 Å². The number of urea groups is 1. The molecule has 10 heteroatoms. The van der Waals surface area contributed by atoms with Gasteiger partial charge in [0.2, 0.25) is 5.91 Å². The van der Waals surface area contributed by atoms with Gasteiger partial charge in [-0.2, -0.15) is 0 Å². The number of unbranched alkanes of at least 4 members (excludes halogenated alkanes) is 1. The highest BCUT2D eigenvalue weighted by molar-refractivity contribution is 7.09. The molecule has 0 aliphatic heterocycles. The Labute approximate surface area is 238 Å². The Bertz CT molecular complexity index is 1210. The van der Waals surface area contributed by atoms with Crippen LogP contribution in [0.2, 0.25) is 10.0 Å². The number of hydrogen-bond acceptors (Lipinski definition) is 5. The van der Waals surface area contributed by atoms with Crippen molar-refractivity contribution in [2.45, 2.75) is 32.7 Å². The van der Waals surface area contributed by atoms with Crippen molar-refractivity contribution in [2.24, 2.45) is 0 Å². The SMILES string of the molecule is CCCCN(CC(=O)N(CCc1ccc(OC)c(OC)c1)Cc1cccs1)C(=O)Nc1ccc(Cl)cc1Cl. The number of halogens is 2. The first kappa shape index (κ1) is 29.6. The molecule has 1 aromatic heterocycles. The molecule has 0 atom stereocenters. The van der Waals surface area contributed by atoms with Crippen LogP contribution in [0.5, 0.6) is 11.5 Å². The van der Waals surface area contributed by atoms with E-state index in [0.29, 0.717) is 53.3 Å². The Balaban J connectivity index is 1.74. The van der Waals surface area contributed by atoms with Gasteiger partial charge in [-0.1, -0.05) is 48.7 Å². The van der Waals surface area contributed by atoms with Crippen molar-refractivity contribution in [3.63, 3.8) is 0 Å². The second-order valence-electron chi connectivity index (χ2n) is 8.66. The van der Waals surface area contributed by atoms with Crippen LogP contribution in [0.25, 0.3) is 0 Å². The highest BCUT2D eigenvalue weighted by Crippen LogP contribution is 2.28. The molecule has 0 fully saturated rings. The summed E-state index contributed by atoms with van der Waals surface area (Å²) < 4.78 is 10.8. The van der Waals surface area contributed by atoms with Gasteiger partial charge in [0.15, 0.2) is 11.5 Å². The number of anilines is 1. The smallest absolute Gasteiger partial charge is 0.322 e. The summed E-state index contributed by atoms with van der Waals surface area (Å²) in [6, 6.07) is 14.2. The third-order valence-electron chi connectivity index (χ3n) is 5.97.